The maximum absolute atomic E-state index is 11.8. The zero-order valence-corrected chi connectivity index (χ0v) is 11.2. The van der Waals surface area contributed by atoms with Gasteiger partial charge in [0.2, 0.25) is 5.91 Å². The van der Waals surface area contributed by atoms with Gasteiger partial charge in [0.25, 0.3) is 0 Å². The van der Waals surface area contributed by atoms with Crippen molar-refractivity contribution in [2.75, 3.05) is 6.54 Å². The molecule has 0 radical (unpaired) electrons. The largest absolute Gasteiger partial charge is 0.355 e. The van der Waals surface area contributed by atoms with Gasteiger partial charge >= 0.3 is 0 Å². The number of amides is 1. The molecule has 1 fully saturated rings. The molecule has 1 N–H and O–H groups in total. The number of nitrogens with one attached hydrogen (secondary N) is 1. The van der Waals surface area contributed by atoms with Gasteiger partial charge in [-0.25, -0.2) is 0 Å². The number of carbonyl (C=O) groups excluding carboxylic acids is 1. The van der Waals surface area contributed by atoms with E-state index in [1.165, 1.54) is 10.5 Å². The molecule has 0 bridgehead atoms. The topological polar surface area (TPSA) is 29.1 Å². The SMILES string of the molecule is CCCC1CNC(=O)C1Sc1ccc(C)cc1. The minimum absolute atomic E-state index is 0.0951. The number of hydrogen-bond donors (Lipinski definition) is 1. The van der Waals surface area contributed by atoms with Crippen LogP contribution in [0.5, 0.6) is 0 Å². The van der Waals surface area contributed by atoms with Crippen LogP contribution < -0.4 is 5.32 Å². The Labute approximate surface area is 107 Å². The summed E-state index contributed by atoms with van der Waals surface area (Å²) < 4.78 is 0. The highest BCUT2D eigenvalue weighted by atomic mass is 32.2. The predicted octanol–water partition coefficient (Wildman–Crippen LogP) is 3.00. The van der Waals surface area contributed by atoms with E-state index in [-0.39, 0.29) is 11.2 Å². The average molecular weight is 249 g/mol. The standard InChI is InChI=1S/C14H19NOS/c1-3-4-11-9-15-14(16)13(11)17-12-7-5-10(2)6-8-12/h5-8,11,13H,3-4,9H2,1-2H3,(H,15,16). The van der Waals surface area contributed by atoms with Gasteiger partial charge in [0.15, 0.2) is 0 Å². The number of benzene rings is 1. The summed E-state index contributed by atoms with van der Waals surface area (Å²) in [5.41, 5.74) is 1.26. The van der Waals surface area contributed by atoms with E-state index < -0.39 is 0 Å². The number of hydrogen-bond acceptors (Lipinski definition) is 2. The number of rotatable bonds is 4. The zero-order valence-electron chi connectivity index (χ0n) is 10.4. The maximum Gasteiger partial charge on any atom is 0.233 e. The molecular formula is C14H19NOS. The van der Waals surface area contributed by atoms with E-state index >= 15 is 0 Å². The van der Waals surface area contributed by atoms with Gasteiger partial charge in [0.1, 0.15) is 0 Å². The van der Waals surface area contributed by atoms with Crippen molar-refractivity contribution in [3.05, 3.63) is 29.8 Å². The number of carbonyl (C=O) groups is 1. The highest BCUT2D eigenvalue weighted by molar-refractivity contribution is 8.00. The van der Waals surface area contributed by atoms with Crippen LogP contribution >= 0.6 is 11.8 Å². The fourth-order valence-corrected chi connectivity index (χ4v) is 3.39. The van der Waals surface area contributed by atoms with Crippen molar-refractivity contribution in [3.8, 4) is 0 Å². The van der Waals surface area contributed by atoms with Crippen LogP contribution in [-0.4, -0.2) is 17.7 Å². The van der Waals surface area contributed by atoms with Crippen molar-refractivity contribution in [2.45, 2.75) is 36.8 Å². The number of aryl methyl sites for hydroxylation is 1. The van der Waals surface area contributed by atoms with Crippen molar-refractivity contribution in [1.29, 1.82) is 0 Å². The van der Waals surface area contributed by atoms with Gasteiger partial charge in [0, 0.05) is 11.4 Å². The lowest BCUT2D eigenvalue weighted by Crippen LogP contribution is -2.21. The normalized spacial score (nSPS) is 23.8. The van der Waals surface area contributed by atoms with Crippen LogP contribution in [0.1, 0.15) is 25.3 Å². The molecule has 1 aromatic carbocycles. The average Bonchev–Trinajstić information content (AvgIpc) is 2.65. The number of thioether (sulfide) groups is 1. The van der Waals surface area contributed by atoms with Crippen LogP contribution in [-0.2, 0) is 4.79 Å². The Morgan fingerprint density at radius 1 is 1.35 bits per heavy atom. The Kier molecular flexibility index (Phi) is 4.11. The lowest BCUT2D eigenvalue weighted by atomic mass is 10.0. The molecule has 1 aromatic rings. The van der Waals surface area contributed by atoms with Gasteiger partial charge in [-0.05, 0) is 31.4 Å². The highest BCUT2D eigenvalue weighted by Gasteiger charge is 2.34. The first-order chi connectivity index (χ1) is 8.20. The molecule has 0 spiro atoms. The quantitative estimate of drug-likeness (QED) is 0.888. The van der Waals surface area contributed by atoms with E-state index in [0.717, 1.165) is 19.4 Å². The van der Waals surface area contributed by atoms with Gasteiger partial charge in [0.05, 0.1) is 5.25 Å². The first-order valence-corrected chi connectivity index (χ1v) is 7.09. The van der Waals surface area contributed by atoms with Crippen LogP contribution in [0.25, 0.3) is 0 Å². The van der Waals surface area contributed by atoms with Crippen molar-refractivity contribution in [1.82, 2.24) is 5.32 Å². The molecule has 2 unspecified atom stereocenters. The second-order valence-corrected chi connectivity index (χ2v) is 5.86. The maximum atomic E-state index is 11.8. The molecule has 3 heteroatoms. The summed E-state index contributed by atoms with van der Waals surface area (Å²) in [6, 6.07) is 8.41. The van der Waals surface area contributed by atoms with Gasteiger partial charge in [-0.3, -0.25) is 4.79 Å². The van der Waals surface area contributed by atoms with Gasteiger partial charge < -0.3 is 5.32 Å². The predicted molar refractivity (Wildman–Crippen MR) is 72.2 cm³/mol. The van der Waals surface area contributed by atoms with Crippen molar-refractivity contribution >= 4 is 17.7 Å². The summed E-state index contributed by atoms with van der Waals surface area (Å²) in [4.78, 5) is 13.0. The summed E-state index contributed by atoms with van der Waals surface area (Å²) in [5.74, 6) is 0.688. The molecule has 1 saturated heterocycles. The second-order valence-electron chi connectivity index (χ2n) is 4.65. The van der Waals surface area contributed by atoms with Crippen LogP contribution in [0.15, 0.2) is 29.2 Å². The van der Waals surface area contributed by atoms with Crippen molar-refractivity contribution < 1.29 is 4.79 Å². The van der Waals surface area contributed by atoms with E-state index in [4.69, 9.17) is 0 Å². The molecule has 1 aliphatic heterocycles. The Hall–Kier alpha value is -0.960. The van der Waals surface area contributed by atoms with E-state index in [1.54, 1.807) is 11.8 Å². The third-order valence-corrected chi connectivity index (χ3v) is 4.57. The van der Waals surface area contributed by atoms with E-state index in [9.17, 15) is 4.79 Å². The first kappa shape index (κ1) is 12.5. The third-order valence-electron chi connectivity index (χ3n) is 3.17. The molecule has 17 heavy (non-hydrogen) atoms. The van der Waals surface area contributed by atoms with Gasteiger partial charge in [-0.2, -0.15) is 0 Å². The summed E-state index contributed by atoms with van der Waals surface area (Å²) in [7, 11) is 0. The third kappa shape index (κ3) is 3.03. The molecule has 92 valence electrons. The summed E-state index contributed by atoms with van der Waals surface area (Å²) in [6.07, 6.45) is 2.27. The van der Waals surface area contributed by atoms with Crippen LogP contribution in [0.4, 0.5) is 0 Å². The molecule has 1 amide bonds. The Morgan fingerprint density at radius 2 is 2.06 bits per heavy atom. The monoisotopic (exact) mass is 249 g/mol. The summed E-state index contributed by atoms with van der Waals surface area (Å²) >= 11 is 1.70. The Balaban J connectivity index is 2.05. The summed E-state index contributed by atoms with van der Waals surface area (Å²) in [6.45, 7) is 5.10. The molecule has 2 nitrogen and oxygen atoms in total. The smallest absolute Gasteiger partial charge is 0.233 e. The molecule has 2 rings (SSSR count). The van der Waals surface area contributed by atoms with Gasteiger partial charge in [-0.15, -0.1) is 11.8 Å². The molecular weight excluding hydrogens is 230 g/mol. The molecule has 1 heterocycles. The summed E-state index contributed by atoms with van der Waals surface area (Å²) in [5, 5.41) is 3.07. The second kappa shape index (κ2) is 5.58. The van der Waals surface area contributed by atoms with Crippen molar-refractivity contribution in [3.63, 3.8) is 0 Å². The lowest BCUT2D eigenvalue weighted by molar-refractivity contribution is -0.118. The molecule has 0 aromatic heterocycles. The van der Waals surface area contributed by atoms with E-state index in [1.807, 2.05) is 0 Å². The fourth-order valence-electron chi connectivity index (χ4n) is 2.19. The zero-order chi connectivity index (χ0) is 12.3. The van der Waals surface area contributed by atoms with Crippen LogP contribution in [0.3, 0.4) is 0 Å². The first-order valence-electron chi connectivity index (χ1n) is 6.21. The fraction of sp³-hybridized carbons (Fsp3) is 0.500. The Morgan fingerprint density at radius 3 is 2.71 bits per heavy atom. The minimum atomic E-state index is 0.0951. The molecule has 1 aliphatic rings. The lowest BCUT2D eigenvalue weighted by Gasteiger charge is -2.15. The van der Waals surface area contributed by atoms with E-state index in [2.05, 4.69) is 43.4 Å². The van der Waals surface area contributed by atoms with Gasteiger partial charge in [-0.1, -0.05) is 31.0 Å². The van der Waals surface area contributed by atoms with Crippen LogP contribution in [0, 0.1) is 12.8 Å². The minimum Gasteiger partial charge on any atom is -0.355 e. The molecule has 0 saturated carbocycles. The Bertz CT molecular complexity index is 388. The molecule has 2 atom stereocenters. The van der Waals surface area contributed by atoms with Crippen LogP contribution in [0.2, 0.25) is 0 Å². The molecule has 0 aliphatic carbocycles. The van der Waals surface area contributed by atoms with E-state index in [0.29, 0.717) is 5.92 Å². The highest BCUT2D eigenvalue weighted by Crippen LogP contribution is 2.33. The van der Waals surface area contributed by atoms with Crippen molar-refractivity contribution in [2.24, 2.45) is 5.92 Å².